The molecule has 0 radical (unpaired) electrons. The first kappa shape index (κ1) is 21.4. The van der Waals surface area contributed by atoms with Gasteiger partial charge in [-0.05, 0) is 24.0 Å². The fraction of sp³-hybridized carbons (Fsp3) is 0.619. The van der Waals surface area contributed by atoms with Crippen molar-refractivity contribution in [3.05, 3.63) is 29.3 Å². The number of aryl methyl sites for hydroxylation is 1. The molecule has 1 N–H and O–H groups in total. The molecular weight excluding hydrogens is 340 g/mol. The van der Waals surface area contributed by atoms with Gasteiger partial charge in [-0.15, -0.1) is 0 Å². The summed E-state index contributed by atoms with van der Waals surface area (Å²) >= 11 is 0. The van der Waals surface area contributed by atoms with Gasteiger partial charge in [0.25, 0.3) is 0 Å². The molecule has 1 heterocycles. The number of amides is 1. The number of morpholine rings is 1. The Bertz CT molecular complexity index is 648. The molecule has 0 unspecified atom stereocenters. The van der Waals surface area contributed by atoms with Crippen LogP contribution in [0.5, 0.6) is 0 Å². The molecule has 0 spiro atoms. The van der Waals surface area contributed by atoms with Crippen LogP contribution in [0.25, 0.3) is 0 Å². The summed E-state index contributed by atoms with van der Waals surface area (Å²) < 4.78 is 5.38. The van der Waals surface area contributed by atoms with E-state index in [-0.39, 0.29) is 5.91 Å². The van der Waals surface area contributed by atoms with Gasteiger partial charge < -0.3 is 10.1 Å². The highest BCUT2D eigenvalue weighted by Crippen LogP contribution is 2.27. The molecule has 1 fully saturated rings. The summed E-state index contributed by atoms with van der Waals surface area (Å²) in [6.07, 6.45) is 0.429. The number of carbonyl (C=O) groups is 1. The number of benzene rings is 1. The number of carbonyl (C=O) groups excluding carboxylic acids is 1. The van der Waals surface area contributed by atoms with E-state index in [2.05, 4.69) is 41.1 Å². The van der Waals surface area contributed by atoms with Crippen molar-refractivity contribution in [3.63, 3.8) is 0 Å². The summed E-state index contributed by atoms with van der Waals surface area (Å²) in [7, 11) is 0. The van der Waals surface area contributed by atoms with Crippen LogP contribution in [0.1, 0.15) is 37.3 Å². The normalized spacial score (nSPS) is 15.1. The molecule has 0 aromatic heterocycles. The van der Waals surface area contributed by atoms with E-state index < -0.39 is 0 Å². The van der Waals surface area contributed by atoms with Crippen LogP contribution in [0, 0.1) is 18.3 Å². The fourth-order valence-electron chi connectivity index (χ4n) is 3.31. The van der Waals surface area contributed by atoms with Crippen LogP contribution in [0.3, 0.4) is 0 Å². The van der Waals surface area contributed by atoms with Crippen LogP contribution in [-0.2, 0) is 9.53 Å². The number of hydrogen-bond donors (Lipinski definition) is 1. The van der Waals surface area contributed by atoms with Crippen LogP contribution >= 0.6 is 0 Å². The maximum Gasteiger partial charge on any atom is 0.238 e. The lowest BCUT2D eigenvalue weighted by atomic mass is 9.98. The summed E-state index contributed by atoms with van der Waals surface area (Å²) in [4.78, 5) is 17.1. The fourth-order valence-corrected chi connectivity index (χ4v) is 3.31. The Balaban J connectivity index is 1.95. The second-order valence-corrected chi connectivity index (χ2v) is 7.38. The molecular formula is C21H32N4O2. The van der Waals surface area contributed by atoms with E-state index in [4.69, 9.17) is 10.00 Å². The van der Waals surface area contributed by atoms with Gasteiger partial charge in [-0.1, -0.05) is 32.0 Å². The van der Waals surface area contributed by atoms with Crippen molar-refractivity contribution < 1.29 is 9.53 Å². The zero-order valence-corrected chi connectivity index (χ0v) is 16.8. The molecule has 1 amide bonds. The van der Waals surface area contributed by atoms with Gasteiger partial charge in [-0.2, -0.15) is 5.26 Å². The van der Waals surface area contributed by atoms with Crippen molar-refractivity contribution in [2.45, 2.75) is 33.1 Å². The number of anilines is 1. The standard InChI is InChI=1S/C21H32N4O2/c1-17(2)19-7-4-6-18(3)21(19)23-20(26)16-25(9-5-8-22)11-10-24-12-14-27-15-13-24/h4,6-7,17H,5,9-16H2,1-3H3,(H,23,26). The molecule has 6 nitrogen and oxygen atoms in total. The molecule has 1 aromatic rings. The predicted octanol–water partition coefficient (Wildman–Crippen LogP) is 2.60. The first-order valence-electron chi connectivity index (χ1n) is 9.80. The minimum absolute atomic E-state index is 0.0221. The minimum Gasteiger partial charge on any atom is -0.379 e. The van der Waals surface area contributed by atoms with E-state index in [9.17, 15) is 4.79 Å². The number of nitriles is 1. The van der Waals surface area contributed by atoms with E-state index in [1.165, 1.54) is 0 Å². The minimum atomic E-state index is -0.0221. The zero-order chi connectivity index (χ0) is 19.6. The van der Waals surface area contributed by atoms with Crippen LogP contribution in [0.4, 0.5) is 5.69 Å². The number of nitrogens with one attached hydrogen (secondary N) is 1. The maximum absolute atomic E-state index is 12.7. The molecule has 0 bridgehead atoms. The second kappa shape index (κ2) is 11.0. The van der Waals surface area contributed by atoms with E-state index in [1.807, 2.05) is 19.1 Å². The van der Waals surface area contributed by atoms with Crippen LogP contribution in [-0.4, -0.2) is 68.2 Å². The summed E-state index contributed by atoms with van der Waals surface area (Å²) in [6.45, 7) is 12.3. The smallest absolute Gasteiger partial charge is 0.238 e. The Morgan fingerprint density at radius 2 is 2.07 bits per heavy atom. The van der Waals surface area contributed by atoms with Gasteiger partial charge in [0.15, 0.2) is 0 Å². The van der Waals surface area contributed by atoms with Gasteiger partial charge in [0.05, 0.1) is 25.8 Å². The van der Waals surface area contributed by atoms with Gasteiger partial charge in [-0.3, -0.25) is 14.6 Å². The van der Waals surface area contributed by atoms with Crippen molar-refractivity contribution in [2.24, 2.45) is 0 Å². The van der Waals surface area contributed by atoms with Crippen molar-refractivity contribution in [1.29, 1.82) is 5.26 Å². The monoisotopic (exact) mass is 372 g/mol. The topological polar surface area (TPSA) is 68.6 Å². The quantitative estimate of drug-likeness (QED) is 0.722. The van der Waals surface area contributed by atoms with E-state index in [0.717, 1.165) is 56.2 Å². The number of hydrogen-bond acceptors (Lipinski definition) is 5. The Morgan fingerprint density at radius 1 is 1.33 bits per heavy atom. The summed E-state index contributed by atoms with van der Waals surface area (Å²) in [5.41, 5.74) is 3.15. The zero-order valence-electron chi connectivity index (χ0n) is 16.8. The van der Waals surface area contributed by atoms with Crippen molar-refractivity contribution in [2.75, 3.05) is 57.8 Å². The molecule has 1 saturated heterocycles. The SMILES string of the molecule is Cc1cccc(C(C)C)c1NC(=O)CN(CCC#N)CCN1CCOCC1. The molecule has 148 valence electrons. The summed E-state index contributed by atoms with van der Waals surface area (Å²) in [5, 5.41) is 12.0. The first-order valence-corrected chi connectivity index (χ1v) is 9.80. The lowest BCUT2D eigenvalue weighted by Gasteiger charge is -2.29. The lowest BCUT2D eigenvalue weighted by Crippen LogP contribution is -2.43. The average molecular weight is 373 g/mol. The first-order chi connectivity index (χ1) is 13.0. The average Bonchev–Trinajstić information content (AvgIpc) is 2.66. The maximum atomic E-state index is 12.7. The molecule has 1 aliphatic rings. The van der Waals surface area contributed by atoms with Crippen molar-refractivity contribution in [3.8, 4) is 6.07 Å². The van der Waals surface area contributed by atoms with Gasteiger partial charge in [0.2, 0.25) is 5.91 Å². The third kappa shape index (κ3) is 6.94. The summed E-state index contributed by atoms with van der Waals surface area (Å²) in [6, 6.07) is 8.30. The second-order valence-electron chi connectivity index (χ2n) is 7.38. The number of ether oxygens (including phenoxy) is 1. The number of para-hydroxylation sites is 1. The van der Waals surface area contributed by atoms with Gasteiger partial charge in [-0.25, -0.2) is 0 Å². The Kier molecular flexibility index (Phi) is 8.73. The third-order valence-corrected chi connectivity index (χ3v) is 4.93. The molecule has 0 atom stereocenters. The van der Waals surface area contributed by atoms with E-state index >= 15 is 0 Å². The lowest BCUT2D eigenvalue weighted by molar-refractivity contribution is -0.117. The Hall–Kier alpha value is -1.94. The molecule has 6 heteroatoms. The Morgan fingerprint density at radius 3 is 2.74 bits per heavy atom. The highest BCUT2D eigenvalue weighted by molar-refractivity contribution is 5.93. The molecule has 2 rings (SSSR count). The number of nitrogens with zero attached hydrogens (tertiary/aromatic N) is 3. The van der Waals surface area contributed by atoms with Crippen molar-refractivity contribution >= 4 is 11.6 Å². The van der Waals surface area contributed by atoms with Gasteiger partial charge in [0, 0.05) is 44.8 Å². The van der Waals surface area contributed by atoms with E-state index in [0.29, 0.717) is 25.4 Å². The van der Waals surface area contributed by atoms with Crippen molar-refractivity contribution in [1.82, 2.24) is 9.80 Å². The van der Waals surface area contributed by atoms with Gasteiger partial charge in [0.1, 0.15) is 0 Å². The van der Waals surface area contributed by atoms with Gasteiger partial charge >= 0.3 is 0 Å². The molecule has 27 heavy (non-hydrogen) atoms. The highest BCUT2D eigenvalue weighted by Gasteiger charge is 2.17. The summed E-state index contributed by atoms with van der Waals surface area (Å²) in [5.74, 6) is 0.322. The van der Waals surface area contributed by atoms with Crippen LogP contribution < -0.4 is 5.32 Å². The molecule has 1 aliphatic heterocycles. The Labute approximate surface area is 163 Å². The molecule has 0 saturated carbocycles. The third-order valence-electron chi connectivity index (χ3n) is 4.93. The number of rotatable bonds is 9. The molecule has 0 aliphatic carbocycles. The molecule has 1 aromatic carbocycles. The highest BCUT2D eigenvalue weighted by atomic mass is 16.5. The van der Waals surface area contributed by atoms with E-state index in [1.54, 1.807) is 0 Å². The predicted molar refractivity (Wildman–Crippen MR) is 108 cm³/mol. The van der Waals surface area contributed by atoms with Crippen LogP contribution in [0.15, 0.2) is 18.2 Å². The van der Waals surface area contributed by atoms with Crippen LogP contribution in [0.2, 0.25) is 0 Å². The largest absolute Gasteiger partial charge is 0.379 e.